The van der Waals surface area contributed by atoms with Crippen LogP contribution in [0.25, 0.3) is 0 Å². The minimum Gasteiger partial charge on any atom is -0.489 e. The van der Waals surface area contributed by atoms with Gasteiger partial charge in [-0.1, -0.05) is 61.5 Å². The summed E-state index contributed by atoms with van der Waals surface area (Å²) in [7, 11) is 0. The van der Waals surface area contributed by atoms with E-state index in [2.05, 4.69) is 31.3 Å². The molecule has 1 aromatic heterocycles. The van der Waals surface area contributed by atoms with E-state index in [4.69, 9.17) is 14.8 Å². The number of carbonyl (C=O) groups excluding carboxylic acids is 1. The lowest BCUT2D eigenvalue weighted by Gasteiger charge is -2.32. The normalized spacial score (nSPS) is 17.2. The number of ketones is 1. The van der Waals surface area contributed by atoms with E-state index in [9.17, 15) is 4.79 Å². The molecule has 0 amide bonds. The molecule has 2 aliphatic rings. The fraction of sp³-hybridized carbons (Fsp3) is 0.370. The second-order valence-electron chi connectivity index (χ2n) is 8.85. The van der Waals surface area contributed by atoms with Crippen molar-refractivity contribution < 1.29 is 9.53 Å². The van der Waals surface area contributed by atoms with Crippen molar-refractivity contribution in [3.63, 3.8) is 0 Å². The average molecular weight is 475 g/mol. The maximum atomic E-state index is 13.0. The predicted octanol–water partition coefficient (Wildman–Crippen LogP) is 6.08. The molecule has 176 valence electrons. The highest BCUT2D eigenvalue weighted by Crippen LogP contribution is 2.41. The van der Waals surface area contributed by atoms with Gasteiger partial charge in [0.1, 0.15) is 18.4 Å². The number of Topliss-reactive ketones (excluding diaryl/α,β-unsaturated/α-hetero) is 1. The first-order valence-corrected chi connectivity index (χ1v) is 13.0. The van der Waals surface area contributed by atoms with Crippen molar-refractivity contribution >= 4 is 23.5 Å². The molecular weight excluding hydrogens is 444 g/mol. The van der Waals surface area contributed by atoms with E-state index in [0.29, 0.717) is 13.0 Å². The van der Waals surface area contributed by atoms with Crippen molar-refractivity contribution in [3.8, 4) is 5.75 Å². The number of rotatable bonds is 8. The van der Waals surface area contributed by atoms with E-state index >= 15 is 0 Å². The molecule has 7 heteroatoms. The maximum absolute atomic E-state index is 13.0. The van der Waals surface area contributed by atoms with E-state index in [1.165, 1.54) is 11.1 Å². The van der Waals surface area contributed by atoms with E-state index in [1.54, 1.807) is 11.8 Å². The van der Waals surface area contributed by atoms with Crippen molar-refractivity contribution in [3.05, 3.63) is 76.5 Å². The number of fused-ring (bicyclic) bond motifs is 1. The Hall–Kier alpha value is -3.06. The van der Waals surface area contributed by atoms with Crippen LogP contribution in [-0.2, 0) is 11.4 Å². The molecule has 1 N–H and O–H groups in total. The van der Waals surface area contributed by atoms with Crippen LogP contribution in [0.2, 0.25) is 0 Å². The summed E-state index contributed by atoms with van der Waals surface area (Å²) in [5.41, 5.74) is 5.22. The zero-order valence-electron chi connectivity index (χ0n) is 19.7. The third-order valence-electron chi connectivity index (χ3n) is 6.43. The first-order valence-electron chi connectivity index (χ1n) is 12.0. The van der Waals surface area contributed by atoms with Gasteiger partial charge in [-0.15, -0.1) is 5.10 Å². The number of benzene rings is 2. The van der Waals surface area contributed by atoms with E-state index in [0.717, 1.165) is 65.1 Å². The van der Waals surface area contributed by atoms with Gasteiger partial charge in [0.2, 0.25) is 11.1 Å². The number of carbonyl (C=O) groups is 1. The largest absolute Gasteiger partial charge is 0.489 e. The fourth-order valence-electron chi connectivity index (χ4n) is 4.49. The lowest BCUT2D eigenvalue weighted by molar-refractivity contribution is -0.116. The number of thioether (sulfide) groups is 1. The molecule has 0 radical (unpaired) electrons. The smallest absolute Gasteiger partial charge is 0.227 e. The molecule has 0 saturated heterocycles. The third kappa shape index (κ3) is 4.62. The minimum atomic E-state index is -0.266. The molecule has 1 aliphatic heterocycles. The Morgan fingerprint density at radius 3 is 2.76 bits per heavy atom. The average Bonchev–Trinajstić information content (AvgIpc) is 3.25. The monoisotopic (exact) mass is 474 g/mol. The summed E-state index contributed by atoms with van der Waals surface area (Å²) in [4.78, 5) is 17.7. The number of aromatic nitrogens is 3. The summed E-state index contributed by atoms with van der Waals surface area (Å²) in [5.74, 6) is 2.71. The molecule has 34 heavy (non-hydrogen) atoms. The first-order chi connectivity index (χ1) is 16.6. The summed E-state index contributed by atoms with van der Waals surface area (Å²) >= 11 is 1.67. The number of hydrogen-bond donors (Lipinski definition) is 1. The molecule has 1 unspecified atom stereocenters. The summed E-state index contributed by atoms with van der Waals surface area (Å²) in [5, 5.41) is 8.96. The Morgan fingerprint density at radius 2 is 1.97 bits per heavy atom. The van der Waals surface area contributed by atoms with Gasteiger partial charge in [0, 0.05) is 23.4 Å². The molecular formula is C27H30N4O2S. The highest BCUT2D eigenvalue weighted by Gasteiger charge is 2.36. The second-order valence-corrected chi connectivity index (χ2v) is 9.91. The number of anilines is 1. The highest BCUT2D eigenvalue weighted by atomic mass is 32.2. The van der Waals surface area contributed by atoms with Gasteiger partial charge in [-0.3, -0.25) is 4.79 Å². The van der Waals surface area contributed by atoms with Crippen molar-refractivity contribution in [2.24, 2.45) is 0 Å². The van der Waals surface area contributed by atoms with Crippen LogP contribution in [0.5, 0.6) is 5.75 Å². The van der Waals surface area contributed by atoms with Crippen LogP contribution >= 0.6 is 11.8 Å². The Kier molecular flexibility index (Phi) is 6.72. The zero-order valence-corrected chi connectivity index (χ0v) is 20.5. The van der Waals surface area contributed by atoms with Crippen molar-refractivity contribution in [2.45, 2.75) is 63.8 Å². The maximum Gasteiger partial charge on any atom is 0.227 e. The number of ether oxygens (including phenoxy) is 1. The van der Waals surface area contributed by atoms with Gasteiger partial charge in [0.05, 0.1) is 0 Å². The van der Waals surface area contributed by atoms with E-state index < -0.39 is 0 Å². The van der Waals surface area contributed by atoms with Crippen LogP contribution < -0.4 is 10.1 Å². The highest BCUT2D eigenvalue weighted by molar-refractivity contribution is 7.99. The second kappa shape index (κ2) is 10.1. The molecule has 0 spiro atoms. The van der Waals surface area contributed by atoms with Crippen LogP contribution in [-0.4, -0.2) is 26.3 Å². The van der Waals surface area contributed by atoms with Gasteiger partial charge in [-0.2, -0.15) is 4.98 Å². The van der Waals surface area contributed by atoms with Crippen LogP contribution in [0.3, 0.4) is 0 Å². The molecule has 0 bridgehead atoms. The van der Waals surface area contributed by atoms with Crippen LogP contribution in [0.4, 0.5) is 5.95 Å². The van der Waals surface area contributed by atoms with Gasteiger partial charge in [-0.05, 0) is 55.0 Å². The molecule has 0 saturated carbocycles. The van der Waals surface area contributed by atoms with E-state index in [-0.39, 0.29) is 11.8 Å². The molecule has 1 atom stereocenters. The lowest BCUT2D eigenvalue weighted by Crippen LogP contribution is -2.31. The Bertz CT molecular complexity index is 1220. The van der Waals surface area contributed by atoms with Gasteiger partial charge in [0.15, 0.2) is 5.78 Å². The Balaban J connectivity index is 1.42. The van der Waals surface area contributed by atoms with Gasteiger partial charge in [0.25, 0.3) is 0 Å². The van der Waals surface area contributed by atoms with Crippen molar-refractivity contribution in [2.75, 3.05) is 11.1 Å². The molecule has 1 aliphatic carbocycles. The minimum absolute atomic E-state index is 0.194. The van der Waals surface area contributed by atoms with Crippen molar-refractivity contribution in [1.82, 2.24) is 14.8 Å². The van der Waals surface area contributed by atoms with Crippen LogP contribution in [0.15, 0.2) is 65.0 Å². The van der Waals surface area contributed by atoms with Gasteiger partial charge < -0.3 is 10.1 Å². The first kappa shape index (κ1) is 22.7. The summed E-state index contributed by atoms with van der Waals surface area (Å²) in [6, 6.07) is 16.0. The Morgan fingerprint density at radius 1 is 1.15 bits per heavy atom. The number of nitrogens with one attached hydrogen (secondary N) is 1. The number of aryl methyl sites for hydroxylation is 1. The van der Waals surface area contributed by atoms with Gasteiger partial charge in [-0.25, -0.2) is 4.68 Å². The molecule has 3 aromatic rings. The lowest BCUT2D eigenvalue weighted by atomic mass is 9.85. The van der Waals surface area contributed by atoms with Crippen molar-refractivity contribution in [1.29, 1.82) is 0 Å². The molecule has 2 aromatic carbocycles. The molecule has 2 heterocycles. The molecule has 0 fully saturated rings. The summed E-state index contributed by atoms with van der Waals surface area (Å²) in [6.07, 6.45) is 4.58. The number of unbranched alkanes of at least 4 members (excludes halogenated alkanes) is 1. The predicted molar refractivity (Wildman–Crippen MR) is 135 cm³/mol. The fourth-order valence-corrected chi connectivity index (χ4v) is 5.41. The van der Waals surface area contributed by atoms with Gasteiger partial charge >= 0.3 is 0 Å². The SMILES string of the molecule is CCCCSc1nc2n(n1)C(c1ccc(OCc3ccccc3C)cc1)C1=C(CCCC1=O)N2. The van der Waals surface area contributed by atoms with Crippen LogP contribution in [0, 0.1) is 6.92 Å². The zero-order chi connectivity index (χ0) is 23.5. The van der Waals surface area contributed by atoms with E-state index in [1.807, 2.05) is 41.1 Å². The Labute approximate surface area is 204 Å². The third-order valence-corrected chi connectivity index (χ3v) is 7.35. The number of hydrogen-bond acceptors (Lipinski definition) is 6. The summed E-state index contributed by atoms with van der Waals surface area (Å²) in [6.45, 7) is 4.80. The topological polar surface area (TPSA) is 69.0 Å². The molecule has 5 rings (SSSR count). The quantitative estimate of drug-likeness (QED) is 0.315. The molecule has 6 nitrogen and oxygen atoms in total. The summed E-state index contributed by atoms with van der Waals surface area (Å²) < 4.78 is 7.93. The standard InChI is InChI=1S/C27H30N4O2S/c1-3-4-16-34-27-29-26-28-22-10-7-11-23(32)24(22)25(31(26)30-27)19-12-14-21(15-13-19)33-17-20-9-6-5-8-18(20)2/h5-6,8-9,12-15,25H,3-4,7,10-11,16-17H2,1-2H3,(H,28,29,30). The number of allylic oxidation sites excluding steroid dienone is 2. The number of nitrogens with zero attached hydrogens (tertiary/aromatic N) is 3. The van der Waals surface area contributed by atoms with Crippen LogP contribution in [0.1, 0.15) is 61.8 Å².